The Bertz CT molecular complexity index is 710. The van der Waals surface area contributed by atoms with Crippen LogP contribution in [0.15, 0.2) is 41.7 Å². The van der Waals surface area contributed by atoms with Gasteiger partial charge < -0.3 is 15.0 Å². The molecular weight excluding hydrogens is 290 g/mol. The standard InChI is InChI=1S/C18H25N3O2/c1-2-3-6-15(22)13-20-11-9-14(10-12-20)21-17-8-5-4-7-16(17)19-18(21)23/h2,4-5,7-8,14-15,22H,1,3,6,9-13H2,(H,19,23). The van der Waals surface area contributed by atoms with Crippen molar-refractivity contribution in [3.8, 4) is 0 Å². The highest BCUT2D eigenvalue weighted by atomic mass is 16.3. The van der Waals surface area contributed by atoms with E-state index < -0.39 is 0 Å². The van der Waals surface area contributed by atoms with Crippen molar-refractivity contribution in [3.05, 3.63) is 47.4 Å². The highest BCUT2D eigenvalue weighted by Crippen LogP contribution is 2.25. The van der Waals surface area contributed by atoms with E-state index in [1.807, 2.05) is 34.9 Å². The number of aromatic nitrogens is 2. The molecule has 0 radical (unpaired) electrons. The van der Waals surface area contributed by atoms with Gasteiger partial charge in [-0.1, -0.05) is 18.2 Å². The quantitative estimate of drug-likeness (QED) is 0.804. The predicted molar refractivity (Wildman–Crippen MR) is 92.7 cm³/mol. The molecule has 1 unspecified atom stereocenters. The number of para-hydroxylation sites is 2. The first-order valence-electron chi connectivity index (χ1n) is 8.39. The zero-order chi connectivity index (χ0) is 16.2. The molecule has 2 aromatic rings. The second-order valence-electron chi connectivity index (χ2n) is 6.37. The Hall–Kier alpha value is -1.85. The van der Waals surface area contributed by atoms with E-state index >= 15 is 0 Å². The molecule has 1 atom stereocenters. The Kier molecular flexibility index (Phi) is 4.98. The molecule has 1 aliphatic heterocycles. The molecule has 0 amide bonds. The first-order chi connectivity index (χ1) is 11.2. The summed E-state index contributed by atoms with van der Waals surface area (Å²) in [6.45, 7) is 6.24. The third-order valence-electron chi connectivity index (χ3n) is 4.72. The lowest BCUT2D eigenvalue weighted by Crippen LogP contribution is -2.40. The Labute approximate surface area is 136 Å². The first-order valence-corrected chi connectivity index (χ1v) is 8.39. The van der Waals surface area contributed by atoms with E-state index in [4.69, 9.17) is 0 Å². The molecule has 0 spiro atoms. The SMILES string of the molecule is C=CCCC(O)CN1CCC(n2c(=O)[nH]c3ccccc32)CC1. The molecular formula is C18H25N3O2. The van der Waals surface area contributed by atoms with Gasteiger partial charge in [0.1, 0.15) is 0 Å². The summed E-state index contributed by atoms with van der Waals surface area (Å²) < 4.78 is 1.90. The maximum atomic E-state index is 12.3. The van der Waals surface area contributed by atoms with Crippen LogP contribution < -0.4 is 5.69 Å². The number of hydrogen-bond donors (Lipinski definition) is 2. The van der Waals surface area contributed by atoms with Gasteiger partial charge in [-0.05, 0) is 37.8 Å². The molecule has 3 rings (SSSR count). The van der Waals surface area contributed by atoms with Gasteiger partial charge in [0.05, 0.1) is 17.1 Å². The molecule has 0 bridgehead atoms. The van der Waals surface area contributed by atoms with Gasteiger partial charge in [0, 0.05) is 25.7 Å². The van der Waals surface area contributed by atoms with Crippen molar-refractivity contribution in [2.24, 2.45) is 0 Å². The number of β-amino-alcohol motifs (C(OH)–C–C–N with tert-alkyl or cyclic N) is 1. The number of aliphatic hydroxyl groups is 1. The maximum absolute atomic E-state index is 12.3. The van der Waals surface area contributed by atoms with Crippen LogP contribution in [0.3, 0.4) is 0 Å². The number of nitrogens with one attached hydrogen (secondary N) is 1. The molecule has 1 aromatic carbocycles. The number of nitrogens with zero attached hydrogens (tertiary/aromatic N) is 2. The van der Waals surface area contributed by atoms with E-state index in [-0.39, 0.29) is 17.8 Å². The fourth-order valence-corrected chi connectivity index (χ4v) is 3.50. The average molecular weight is 315 g/mol. The number of likely N-dealkylation sites (tertiary alicyclic amines) is 1. The van der Waals surface area contributed by atoms with Crippen molar-refractivity contribution < 1.29 is 5.11 Å². The van der Waals surface area contributed by atoms with Crippen LogP contribution in [0.5, 0.6) is 0 Å². The molecule has 1 aliphatic rings. The summed E-state index contributed by atoms with van der Waals surface area (Å²) in [6, 6.07) is 8.09. The van der Waals surface area contributed by atoms with E-state index in [0.717, 1.165) is 49.8 Å². The number of rotatable bonds is 6. The second kappa shape index (κ2) is 7.15. The van der Waals surface area contributed by atoms with Crippen LogP contribution >= 0.6 is 0 Å². The van der Waals surface area contributed by atoms with Crippen LogP contribution in [0.2, 0.25) is 0 Å². The highest BCUT2D eigenvalue weighted by molar-refractivity contribution is 5.75. The van der Waals surface area contributed by atoms with Crippen molar-refractivity contribution in [1.82, 2.24) is 14.5 Å². The fourth-order valence-electron chi connectivity index (χ4n) is 3.50. The Balaban J connectivity index is 1.63. The molecule has 0 saturated carbocycles. The van der Waals surface area contributed by atoms with Crippen LogP contribution in [0.25, 0.3) is 11.0 Å². The van der Waals surface area contributed by atoms with Gasteiger partial charge in [-0.3, -0.25) is 4.57 Å². The lowest BCUT2D eigenvalue weighted by molar-refractivity contribution is 0.0858. The number of fused-ring (bicyclic) bond motifs is 1. The van der Waals surface area contributed by atoms with Gasteiger partial charge in [-0.25, -0.2) is 4.79 Å². The third-order valence-corrected chi connectivity index (χ3v) is 4.72. The Morgan fingerprint density at radius 2 is 2.09 bits per heavy atom. The number of H-pyrrole nitrogens is 1. The largest absolute Gasteiger partial charge is 0.392 e. The summed E-state index contributed by atoms with van der Waals surface area (Å²) in [5.41, 5.74) is 1.87. The summed E-state index contributed by atoms with van der Waals surface area (Å²) in [6.07, 6.45) is 5.05. The third kappa shape index (κ3) is 3.57. The number of imidazole rings is 1. The van der Waals surface area contributed by atoms with Crippen LogP contribution in [0.4, 0.5) is 0 Å². The number of allylic oxidation sites excluding steroid dienone is 1. The van der Waals surface area contributed by atoms with Crippen LogP contribution in [-0.2, 0) is 0 Å². The predicted octanol–water partition coefficient (Wildman–Crippen LogP) is 2.29. The lowest BCUT2D eigenvalue weighted by atomic mass is 10.0. The van der Waals surface area contributed by atoms with Gasteiger partial charge in [0.15, 0.2) is 0 Å². The minimum Gasteiger partial charge on any atom is -0.392 e. The number of hydrogen-bond acceptors (Lipinski definition) is 3. The number of aromatic amines is 1. The van der Waals surface area contributed by atoms with E-state index in [1.165, 1.54) is 0 Å². The second-order valence-corrected chi connectivity index (χ2v) is 6.37. The summed E-state index contributed by atoms with van der Waals surface area (Å²) in [4.78, 5) is 17.5. The average Bonchev–Trinajstić information content (AvgIpc) is 2.89. The number of benzene rings is 1. The van der Waals surface area contributed by atoms with Crippen molar-refractivity contribution in [2.75, 3.05) is 19.6 Å². The minimum absolute atomic E-state index is 0.0179. The molecule has 1 aromatic heterocycles. The molecule has 2 heterocycles. The topological polar surface area (TPSA) is 61.3 Å². The van der Waals surface area contributed by atoms with E-state index in [1.54, 1.807) is 0 Å². The minimum atomic E-state index is -0.291. The van der Waals surface area contributed by atoms with Crippen LogP contribution in [0, 0.1) is 0 Å². The lowest BCUT2D eigenvalue weighted by Gasteiger charge is -2.33. The highest BCUT2D eigenvalue weighted by Gasteiger charge is 2.24. The van der Waals surface area contributed by atoms with Gasteiger partial charge in [-0.2, -0.15) is 0 Å². The van der Waals surface area contributed by atoms with Gasteiger partial charge in [-0.15, -0.1) is 6.58 Å². The van der Waals surface area contributed by atoms with Crippen LogP contribution in [-0.4, -0.2) is 45.3 Å². The molecule has 23 heavy (non-hydrogen) atoms. The number of aliphatic hydroxyl groups excluding tert-OH is 1. The molecule has 5 heteroatoms. The van der Waals surface area contributed by atoms with Gasteiger partial charge in [0.2, 0.25) is 0 Å². The summed E-state index contributed by atoms with van der Waals surface area (Å²) in [5.74, 6) is 0. The zero-order valence-electron chi connectivity index (χ0n) is 13.4. The van der Waals surface area contributed by atoms with Crippen molar-refractivity contribution >= 4 is 11.0 Å². The Morgan fingerprint density at radius 1 is 1.35 bits per heavy atom. The fraction of sp³-hybridized carbons (Fsp3) is 0.500. The number of piperidine rings is 1. The monoisotopic (exact) mass is 315 g/mol. The normalized spacial score (nSPS) is 18.3. The maximum Gasteiger partial charge on any atom is 0.326 e. The molecule has 1 saturated heterocycles. The van der Waals surface area contributed by atoms with Crippen LogP contribution in [0.1, 0.15) is 31.7 Å². The van der Waals surface area contributed by atoms with Gasteiger partial charge in [0.25, 0.3) is 0 Å². The van der Waals surface area contributed by atoms with E-state index in [2.05, 4.69) is 16.5 Å². The van der Waals surface area contributed by atoms with Crippen molar-refractivity contribution in [1.29, 1.82) is 0 Å². The van der Waals surface area contributed by atoms with E-state index in [0.29, 0.717) is 6.54 Å². The molecule has 1 fully saturated rings. The molecule has 124 valence electrons. The van der Waals surface area contributed by atoms with Crippen molar-refractivity contribution in [3.63, 3.8) is 0 Å². The first kappa shape index (κ1) is 16.0. The van der Waals surface area contributed by atoms with Gasteiger partial charge >= 0.3 is 5.69 Å². The zero-order valence-corrected chi connectivity index (χ0v) is 13.4. The molecule has 2 N–H and O–H groups in total. The molecule has 5 nitrogen and oxygen atoms in total. The smallest absolute Gasteiger partial charge is 0.326 e. The Morgan fingerprint density at radius 3 is 2.83 bits per heavy atom. The van der Waals surface area contributed by atoms with E-state index in [9.17, 15) is 9.90 Å². The summed E-state index contributed by atoms with van der Waals surface area (Å²) in [5, 5.41) is 10.0. The van der Waals surface area contributed by atoms with Crippen molar-refractivity contribution in [2.45, 2.75) is 37.8 Å². The molecule has 0 aliphatic carbocycles. The summed E-state index contributed by atoms with van der Waals surface area (Å²) >= 11 is 0. The summed E-state index contributed by atoms with van der Waals surface area (Å²) in [7, 11) is 0.